The summed E-state index contributed by atoms with van der Waals surface area (Å²) in [4.78, 5) is 0. The van der Waals surface area contributed by atoms with Crippen molar-refractivity contribution in [2.75, 3.05) is 0 Å². The van der Waals surface area contributed by atoms with Gasteiger partial charge in [-0.3, -0.25) is 0 Å². The first-order valence-electron chi connectivity index (χ1n) is 6.10. The Hall–Kier alpha value is -1.68. The molecule has 0 bridgehead atoms. The molecule has 0 aliphatic carbocycles. The van der Waals surface area contributed by atoms with Crippen LogP contribution in [0.3, 0.4) is 0 Å². The van der Waals surface area contributed by atoms with E-state index in [4.69, 9.17) is 0 Å². The van der Waals surface area contributed by atoms with E-state index < -0.39 is 0 Å². The lowest BCUT2D eigenvalue weighted by molar-refractivity contribution is 0.574. The maximum atomic E-state index is 13.8. The molecule has 1 aromatic carbocycles. The molecule has 18 heavy (non-hydrogen) atoms. The van der Waals surface area contributed by atoms with Crippen LogP contribution in [0.2, 0.25) is 0 Å². The molecular weight excluding hydrogens is 229 g/mol. The van der Waals surface area contributed by atoms with E-state index in [0.717, 1.165) is 11.3 Å². The Balaban J connectivity index is 2.18. The molecule has 1 aromatic heterocycles. The molecule has 1 heterocycles. The predicted molar refractivity (Wildman–Crippen MR) is 70.2 cm³/mol. The van der Waals surface area contributed by atoms with E-state index in [1.165, 1.54) is 6.07 Å². The molecule has 2 rings (SSSR count). The average Bonchev–Trinajstić information content (AvgIpc) is 2.75. The number of hydrogen-bond donors (Lipinski definition) is 1. The van der Waals surface area contributed by atoms with Gasteiger partial charge in [-0.15, -0.1) is 0 Å². The fourth-order valence-electron chi connectivity index (χ4n) is 1.70. The number of benzene rings is 1. The van der Waals surface area contributed by atoms with Crippen molar-refractivity contribution in [2.24, 2.45) is 0 Å². The molecule has 2 aromatic rings. The monoisotopic (exact) mass is 247 g/mol. The number of aromatic nitrogens is 2. The lowest BCUT2D eigenvalue weighted by Crippen LogP contribution is -2.22. The molecular formula is C14H18FN3. The Morgan fingerprint density at radius 1 is 1.33 bits per heavy atom. The summed E-state index contributed by atoms with van der Waals surface area (Å²) in [5.74, 6) is -0.249. The van der Waals surface area contributed by atoms with Gasteiger partial charge in [-0.25, -0.2) is 9.07 Å². The first-order valence-corrected chi connectivity index (χ1v) is 6.10. The summed E-state index contributed by atoms with van der Waals surface area (Å²) < 4.78 is 15.4. The molecule has 0 fully saturated rings. The van der Waals surface area contributed by atoms with E-state index in [9.17, 15) is 4.39 Å². The number of nitrogens with zero attached hydrogens (tertiary/aromatic N) is 2. The van der Waals surface area contributed by atoms with Gasteiger partial charge in [0.15, 0.2) is 0 Å². The van der Waals surface area contributed by atoms with Crippen molar-refractivity contribution in [3.8, 4) is 5.69 Å². The van der Waals surface area contributed by atoms with Gasteiger partial charge in [0.1, 0.15) is 11.5 Å². The second kappa shape index (κ2) is 5.31. The molecule has 96 valence electrons. The van der Waals surface area contributed by atoms with Gasteiger partial charge < -0.3 is 5.32 Å². The first kappa shape index (κ1) is 12.8. The molecule has 0 saturated carbocycles. The molecule has 0 aliphatic rings. The van der Waals surface area contributed by atoms with E-state index in [-0.39, 0.29) is 5.82 Å². The van der Waals surface area contributed by atoms with E-state index in [0.29, 0.717) is 18.3 Å². The molecule has 1 N–H and O–H groups in total. The standard InChI is InChI=1S/C14H18FN3/c1-10(2)16-9-12-6-7-18(17-12)14-5-4-11(3)8-13(14)15/h4-8,10,16H,9H2,1-3H3. The molecule has 4 heteroatoms. The van der Waals surface area contributed by atoms with Crippen molar-refractivity contribution >= 4 is 0 Å². The number of rotatable bonds is 4. The molecule has 0 atom stereocenters. The average molecular weight is 247 g/mol. The number of hydrogen-bond acceptors (Lipinski definition) is 2. The van der Waals surface area contributed by atoms with E-state index in [2.05, 4.69) is 24.3 Å². The Morgan fingerprint density at radius 2 is 2.11 bits per heavy atom. The summed E-state index contributed by atoms with van der Waals surface area (Å²) in [5, 5.41) is 7.64. The molecule has 0 saturated heterocycles. The van der Waals surface area contributed by atoms with Crippen LogP contribution in [-0.4, -0.2) is 15.8 Å². The lowest BCUT2D eigenvalue weighted by Gasteiger charge is -2.06. The summed E-state index contributed by atoms with van der Waals surface area (Å²) in [6.45, 7) is 6.72. The van der Waals surface area contributed by atoms with Crippen molar-refractivity contribution in [1.29, 1.82) is 0 Å². The third kappa shape index (κ3) is 2.96. The van der Waals surface area contributed by atoms with Crippen LogP contribution in [0.4, 0.5) is 4.39 Å². The van der Waals surface area contributed by atoms with Crippen LogP contribution < -0.4 is 5.32 Å². The lowest BCUT2D eigenvalue weighted by atomic mass is 10.2. The third-order valence-electron chi connectivity index (χ3n) is 2.69. The maximum Gasteiger partial charge on any atom is 0.149 e. The fourth-order valence-corrected chi connectivity index (χ4v) is 1.70. The number of nitrogens with one attached hydrogen (secondary N) is 1. The molecule has 3 nitrogen and oxygen atoms in total. The molecule has 0 spiro atoms. The maximum absolute atomic E-state index is 13.8. The van der Waals surface area contributed by atoms with Crippen LogP contribution in [0.15, 0.2) is 30.5 Å². The summed E-state index contributed by atoms with van der Waals surface area (Å²) in [6, 6.07) is 7.45. The predicted octanol–water partition coefficient (Wildman–Crippen LogP) is 2.82. The zero-order valence-corrected chi connectivity index (χ0v) is 10.9. The Bertz CT molecular complexity index is 532. The van der Waals surface area contributed by atoms with Gasteiger partial charge in [0.25, 0.3) is 0 Å². The first-order chi connectivity index (χ1) is 8.56. The van der Waals surface area contributed by atoms with E-state index in [1.54, 1.807) is 16.9 Å². The van der Waals surface area contributed by atoms with Crippen molar-refractivity contribution < 1.29 is 4.39 Å². The highest BCUT2D eigenvalue weighted by Crippen LogP contribution is 2.14. The normalized spacial score (nSPS) is 11.2. The van der Waals surface area contributed by atoms with Gasteiger partial charge in [-0.05, 0) is 30.7 Å². The molecule has 0 aliphatic heterocycles. The van der Waals surface area contributed by atoms with Crippen LogP contribution >= 0.6 is 0 Å². The van der Waals surface area contributed by atoms with Gasteiger partial charge >= 0.3 is 0 Å². The summed E-state index contributed by atoms with van der Waals surface area (Å²) in [6.07, 6.45) is 1.78. The Labute approximate surface area is 107 Å². The van der Waals surface area contributed by atoms with Crippen molar-refractivity contribution in [3.05, 3.63) is 47.5 Å². The molecule has 0 amide bonds. The zero-order chi connectivity index (χ0) is 13.1. The number of halogens is 1. The minimum atomic E-state index is -0.249. The SMILES string of the molecule is Cc1ccc(-n2ccc(CNC(C)C)n2)c(F)c1. The van der Waals surface area contributed by atoms with E-state index in [1.807, 2.05) is 19.1 Å². The summed E-state index contributed by atoms with van der Waals surface area (Å²) in [5.41, 5.74) is 2.30. The van der Waals surface area contributed by atoms with Gasteiger partial charge in [0.05, 0.1) is 5.69 Å². The Kier molecular flexibility index (Phi) is 3.77. The third-order valence-corrected chi connectivity index (χ3v) is 2.69. The quantitative estimate of drug-likeness (QED) is 0.900. The van der Waals surface area contributed by atoms with Crippen molar-refractivity contribution in [1.82, 2.24) is 15.1 Å². The van der Waals surface area contributed by atoms with Gasteiger partial charge in [-0.2, -0.15) is 5.10 Å². The molecule has 0 unspecified atom stereocenters. The van der Waals surface area contributed by atoms with Gasteiger partial charge in [0.2, 0.25) is 0 Å². The van der Waals surface area contributed by atoms with Crippen molar-refractivity contribution in [2.45, 2.75) is 33.4 Å². The smallest absolute Gasteiger partial charge is 0.149 e. The van der Waals surface area contributed by atoms with Crippen molar-refractivity contribution in [3.63, 3.8) is 0 Å². The topological polar surface area (TPSA) is 29.9 Å². The van der Waals surface area contributed by atoms with Gasteiger partial charge in [-0.1, -0.05) is 19.9 Å². The Morgan fingerprint density at radius 3 is 2.78 bits per heavy atom. The van der Waals surface area contributed by atoms with Crippen LogP contribution in [0.1, 0.15) is 25.1 Å². The van der Waals surface area contributed by atoms with Crippen LogP contribution in [-0.2, 0) is 6.54 Å². The van der Waals surface area contributed by atoms with Gasteiger partial charge in [0, 0.05) is 18.8 Å². The molecule has 0 radical (unpaired) electrons. The van der Waals surface area contributed by atoms with Crippen LogP contribution in [0.25, 0.3) is 5.69 Å². The van der Waals surface area contributed by atoms with Crippen LogP contribution in [0.5, 0.6) is 0 Å². The highest BCUT2D eigenvalue weighted by molar-refractivity contribution is 5.35. The highest BCUT2D eigenvalue weighted by atomic mass is 19.1. The second-order valence-electron chi connectivity index (χ2n) is 4.74. The largest absolute Gasteiger partial charge is 0.309 e. The zero-order valence-electron chi connectivity index (χ0n) is 10.9. The summed E-state index contributed by atoms with van der Waals surface area (Å²) >= 11 is 0. The van der Waals surface area contributed by atoms with Crippen LogP contribution in [0, 0.1) is 12.7 Å². The fraction of sp³-hybridized carbons (Fsp3) is 0.357. The summed E-state index contributed by atoms with van der Waals surface area (Å²) in [7, 11) is 0. The highest BCUT2D eigenvalue weighted by Gasteiger charge is 2.06. The number of aryl methyl sites for hydroxylation is 1. The second-order valence-corrected chi connectivity index (χ2v) is 4.74. The minimum absolute atomic E-state index is 0.249. The van der Waals surface area contributed by atoms with E-state index >= 15 is 0 Å². The minimum Gasteiger partial charge on any atom is -0.309 e.